The van der Waals surface area contributed by atoms with E-state index < -0.39 is 5.60 Å². The maximum absolute atomic E-state index is 11.8. The molecule has 1 atom stereocenters. The smallest absolute Gasteiger partial charge is 0.306 e. The lowest BCUT2D eigenvalue weighted by Gasteiger charge is -2.25. The predicted octanol–water partition coefficient (Wildman–Crippen LogP) is 5.00. The van der Waals surface area contributed by atoms with Gasteiger partial charge in [-0.3, -0.25) is 4.79 Å². The maximum atomic E-state index is 11.8. The molecule has 1 N–H and O–H groups in total. The highest BCUT2D eigenvalue weighted by atomic mass is 16.6. The van der Waals surface area contributed by atoms with Gasteiger partial charge in [0.25, 0.3) is 0 Å². The van der Waals surface area contributed by atoms with Gasteiger partial charge in [0.05, 0.1) is 5.60 Å². The summed E-state index contributed by atoms with van der Waals surface area (Å²) in [6.45, 7) is 10.0. The number of carbonyl (C=O) groups excluding carboxylic acids is 1. The molecule has 3 heteroatoms. The molecular formula is C18H36O3. The van der Waals surface area contributed by atoms with Crippen molar-refractivity contribution in [2.24, 2.45) is 0 Å². The van der Waals surface area contributed by atoms with Crippen molar-refractivity contribution in [3.63, 3.8) is 0 Å². The van der Waals surface area contributed by atoms with E-state index in [0.717, 1.165) is 44.9 Å². The first-order chi connectivity index (χ1) is 9.72. The van der Waals surface area contributed by atoms with Crippen molar-refractivity contribution in [1.82, 2.24) is 0 Å². The molecule has 0 heterocycles. The van der Waals surface area contributed by atoms with E-state index in [1.54, 1.807) is 0 Å². The molecule has 0 bridgehead atoms. The summed E-state index contributed by atoms with van der Waals surface area (Å²) in [6, 6.07) is 0. The summed E-state index contributed by atoms with van der Waals surface area (Å²) in [6.07, 6.45) is 9.30. The first-order valence-corrected chi connectivity index (χ1v) is 8.66. The van der Waals surface area contributed by atoms with Crippen molar-refractivity contribution in [2.75, 3.05) is 0 Å². The van der Waals surface area contributed by atoms with Crippen LogP contribution < -0.4 is 0 Å². The minimum absolute atomic E-state index is 0.0845. The van der Waals surface area contributed by atoms with Gasteiger partial charge in [-0.15, -0.1) is 0 Å². The average molecular weight is 300 g/mol. The number of hydrogen-bond donors (Lipinski definition) is 1. The van der Waals surface area contributed by atoms with Crippen LogP contribution in [0.4, 0.5) is 0 Å². The van der Waals surface area contributed by atoms with Gasteiger partial charge in [0.1, 0.15) is 5.60 Å². The van der Waals surface area contributed by atoms with Crippen LogP contribution in [0.15, 0.2) is 0 Å². The number of esters is 1. The van der Waals surface area contributed by atoms with Crippen LogP contribution in [0.25, 0.3) is 0 Å². The first-order valence-electron chi connectivity index (χ1n) is 8.66. The SMILES string of the molecule is CCCCCC(C)(C)OC(=O)CCCCCC(C)(O)CC. The Hall–Kier alpha value is -0.570. The highest BCUT2D eigenvalue weighted by molar-refractivity contribution is 5.69. The molecule has 1 unspecified atom stereocenters. The normalized spacial score (nSPS) is 14.8. The van der Waals surface area contributed by atoms with E-state index in [-0.39, 0.29) is 11.6 Å². The number of unbranched alkanes of at least 4 members (excludes halogenated alkanes) is 4. The Morgan fingerprint density at radius 2 is 1.57 bits per heavy atom. The van der Waals surface area contributed by atoms with Gasteiger partial charge in [-0.05, 0) is 52.9 Å². The molecule has 0 aliphatic heterocycles. The fourth-order valence-electron chi connectivity index (χ4n) is 2.34. The standard InChI is InChI=1S/C18H36O3/c1-6-8-11-14-17(3,4)21-16(19)13-10-9-12-15-18(5,20)7-2/h20H,6-15H2,1-5H3. The topological polar surface area (TPSA) is 46.5 Å². The predicted molar refractivity (Wildman–Crippen MR) is 88.3 cm³/mol. The van der Waals surface area contributed by atoms with Crippen LogP contribution in [0.5, 0.6) is 0 Å². The number of rotatable bonds is 12. The summed E-state index contributed by atoms with van der Waals surface area (Å²) < 4.78 is 5.56. The van der Waals surface area contributed by atoms with E-state index in [9.17, 15) is 9.90 Å². The summed E-state index contributed by atoms with van der Waals surface area (Å²) in [7, 11) is 0. The molecule has 0 aromatic heterocycles. The molecule has 0 aliphatic carbocycles. The van der Waals surface area contributed by atoms with Crippen LogP contribution in [0, 0.1) is 0 Å². The quantitative estimate of drug-likeness (QED) is 0.407. The lowest BCUT2D eigenvalue weighted by Crippen LogP contribution is -2.28. The molecule has 0 spiro atoms. The van der Waals surface area contributed by atoms with E-state index in [0.29, 0.717) is 6.42 Å². The van der Waals surface area contributed by atoms with Crippen molar-refractivity contribution in [3.05, 3.63) is 0 Å². The van der Waals surface area contributed by atoms with E-state index in [4.69, 9.17) is 4.74 Å². The van der Waals surface area contributed by atoms with Gasteiger partial charge in [-0.25, -0.2) is 0 Å². The number of carbonyl (C=O) groups is 1. The monoisotopic (exact) mass is 300 g/mol. The van der Waals surface area contributed by atoms with Crippen molar-refractivity contribution in [2.45, 2.75) is 110 Å². The van der Waals surface area contributed by atoms with E-state index in [1.807, 2.05) is 27.7 Å². The van der Waals surface area contributed by atoms with E-state index in [2.05, 4.69) is 6.92 Å². The molecule has 0 radical (unpaired) electrons. The van der Waals surface area contributed by atoms with Gasteiger partial charge in [0.15, 0.2) is 0 Å². The Morgan fingerprint density at radius 1 is 0.952 bits per heavy atom. The van der Waals surface area contributed by atoms with Crippen LogP contribution in [0.1, 0.15) is 98.8 Å². The molecule has 0 saturated heterocycles. The average Bonchev–Trinajstić information content (AvgIpc) is 2.37. The summed E-state index contributed by atoms with van der Waals surface area (Å²) in [5, 5.41) is 9.90. The first kappa shape index (κ1) is 20.4. The Bertz CT molecular complexity index is 282. The molecule has 0 aromatic rings. The Labute approximate surface area is 131 Å². The number of aliphatic hydroxyl groups is 1. The molecule has 0 aliphatic rings. The van der Waals surface area contributed by atoms with E-state index >= 15 is 0 Å². The van der Waals surface area contributed by atoms with Gasteiger partial charge in [-0.1, -0.05) is 39.5 Å². The molecule has 0 amide bonds. The highest BCUT2D eigenvalue weighted by Crippen LogP contribution is 2.21. The molecule has 0 fully saturated rings. The van der Waals surface area contributed by atoms with Crippen LogP contribution >= 0.6 is 0 Å². The zero-order valence-corrected chi connectivity index (χ0v) is 14.8. The minimum atomic E-state index is -0.554. The van der Waals surface area contributed by atoms with Gasteiger partial charge < -0.3 is 9.84 Å². The summed E-state index contributed by atoms with van der Waals surface area (Å²) in [4.78, 5) is 11.8. The third-order valence-corrected chi connectivity index (χ3v) is 4.13. The maximum Gasteiger partial charge on any atom is 0.306 e. The zero-order valence-electron chi connectivity index (χ0n) is 14.8. The Kier molecular flexibility index (Phi) is 9.93. The summed E-state index contributed by atoms with van der Waals surface area (Å²) in [5.74, 6) is -0.0845. The highest BCUT2D eigenvalue weighted by Gasteiger charge is 2.22. The lowest BCUT2D eigenvalue weighted by atomic mass is 9.95. The third kappa shape index (κ3) is 11.7. The van der Waals surface area contributed by atoms with E-state index in [1.165, 1.54) is 12.8 Å². The molecule has 0 saturated carbocycles. The minimum Gasteiger partial charge on any atom is -0.460 e. The van der Waals surface area contributed by atoms with Crippen LogP contribution in [-0.2, 0) is 9.53 Å². The largest absolute Gasteiger partial charge is 0.460 e. The molecule has 0 aromatic carbocycles. The van der Waals surface area contributed by atoms with Crippen LogP contribution in [-0.4, -0.2) is 22.3 Å². The molecule has 0 rings (SSSR count). The molecule has 21 heavy (non-hydrogen) atoms. The third-order valence-electron chi connectivity index (χ3n) is 4.13. The lowest BCUT2D eigenvalue weighted by molar-refractivity contribution is -0.157. The molecule has 3 nitrogen and oxygen atoms in total. The molecule has 126 valence electrons. The second-order valence-electron chi connectivity index (χ2n) is 7.10. The second-order valence-corrected chi connectivity index (χ2v) is 7.10. The van der Waals surface area contributed by atoms with Crippen molar-refractivity contribution >= 4 is 5.97 Å². The van der Waals surface area contributed by atoms with Gasteiger partial charge in [0, 0.05) is 6.42 Å². The van der Waals surface area contributed by atoms with Gasteiger partial charge in [0.2, 0.25) is 0 Å². The van der Waals surface area contributed by atoms with Gasteiger partial charge in [-0.2, -0.15) is 0 Å². The van der Waals surface area contributed by atoms with Crippen molar-refractivity contribution in [1.29, 1.82) is 0 Å². The fourth-order valence-corrected chi connectivity index (χ4v) is 2.34. The fraction of sp³-hybridized carbons (Fsp3) is 0.944. The Balaban J connectivity index is 3.75. The summed E-state index contributed by atoms with van der Waals surface area (Å²) in [5.41, 5.74) is -0.889. The van der Waals surface area contributed by atoms with Gasteiger partial charge >= 0.3 is 5.97 Å². The Morgan fingerprint density at radius 3 is 2.14 bits per heavy atom. The second kappa shape index (κ2) is 10.2. The zero-order chi connectivity index (χ0) is 16.4. The van der Waals surface area contributed by atoms with Crippen LogP contribution in [0.3, 0.4) is 0 Å². The summed E-state index contributed by atoms with van der Waals surface area (Å²) >= 11 is 0. The number of hydrogen-bond acceptors (Lipinski definition) is 3. The number of ether oxygens (including phenoxy) is 1. The molecular weight excluding hydrogens is 264 g/mol. The van der Waals surface area contributed by atoms with Crippen LogP contribution in [0.2, 0.25) is 0 Å². The van der Waals surface area contributed by atoms with Crippen molar-refractivity contribution < 1.29 is 14.6 Å². The van der Waals surface area contributed by atoms with Crippen molar-refractivity contribution in [3.8, 4) is 0 Å².